The molecule has 0 fully saturated rings. The molecule has 0 aliphatic carbocycles. The first-order chi connectivity index (χ1) is 7.00. The van der Waals surface area contributed by atoms with Crippen molar-refractivity contribution in [1.82, 2.24) is 0 Å². The van der Waals surface area contributed by atoms with Gasteiger partial charge >= 0.3 is 0 Å². The van der Waals surface area contributed by atoms with Gasteiger partial charge in [-0.05, 0) is 38.0 Å². The van der Waals surface area contributed by atoms with Crippen molar-refractivity contribution in [2.75, 3.05) is 17.7 Å². The third-order valence-electron chi connectivity index (χ3n) is 2.85. The minimum Gasteiger partial charge on any atom is -0.398 e. The van der Waals surface area contributed by atoms with Gasteiger partial charge in [-0.2, -0.15) is 0 Å². The molecule has 0 bridgehead atoms. The Balaban J connectivity index is 2.85. The summed E-state index contributed by atoms with van der Waals surface area (Å²) in [5.74, 6) is 0. The number of nitrogen functional groups attached to an aromatic ring is 1. The SMILES string of the molecule is CCC(C)(CO)Nc1ccc(C)c(N)c1. The fourth-order valence-electron chi connectivity index (χ4n) is 1.31. The molecule has 15 heavy (non-hydrogen) atoms. The minimum atomic E-state index is -0.276. The molecule has 0 heterocycles. The van der Waals surface area contributed by atoms with Crippen LogP contribution in [0.2, 0.25) is 0 Å². The number of nitrogens with two attached hydrogens (primary N) is 1. The van der Waals surface area contributed by atoms with Crippen LogP contribution in [-0.2, 0) is 0 Å². The zero-order chi connectivity index (χ0) is 11.5. The molecule has 3 nitrogen and oxygen atoms in total. The number of aryl methyl sites for hydroxylation is 1. The maximum Gasteiger partial charge on any atom is 0.0658 e. The Morgan fingerprint density at radius 2 is 2.13 bits per heavy atom. The van der Waals surface area contributed by atoms with Crippen molar-refractivity contribution in [3.8, 4) is 0 Å². The topological polar surface area (TPSA) is 58.3 Å². The molecule has 1 aromatic carbocycles. The number of rotatable bonds is 4. The van der Waals surface area contributed by atoms with Gasteiger partial charge in [-0.3, -0.25) is 0 Å². The molecule has 0 amide bonds. The average molecular weight is 208 g/mol. The fraction of sp³-hybridized carbons (Fsp3) is 0.500. The lowest BCUT2D eigenvalue weighted by molar-refractivity contribution is 0.219. The monoisotopic (exact) mass is 208 g/mol. The minimum absolute atomic E-state index is 0.108. The van der Waals surface area contributed by atoms with Crippen molar-refractivity contribution in [2.24, 2.45) is 0 Å². The van der Waals surface area contributed by atoms with Gasteiger partial charge < -0.3 is 16.2 Å². The van der Waals surface area contributed by atoms with E-state index in [9.17, 15) is 5.11 Å². The highest BCUT2D eigenvalue weighted by atomic mass is 16.3. The van der Waals surface area contributed by atoms with Gasteiger partial charge in [0.15, 0.2) is 0 Å². The zero-order valence-electron chi connectivity index (χ0n) is 9.67. The van der Waals surface area contributed by atoms with Gasteiger partial charge in [0.25, 0.3) is 0 Å². The Bertz CT molecular complexity index is 332. The van der Waals surface area contributed by atoms with Crippen LogP contribution in [0, 0.1) is 6.92 Å². The Hall–Kier alpha value is -1.22. The lowest BCUT2D eigenvalue weighted by Crippen LogP contribution is -2.37. The average Bonchev–Trinajstić information content (AvgIpc) is 2.23. The molecule has 1 unspecified atom stereocenters. The van der Waals surface area contributed by atoms with Crippen LogP contribution >= 0.6 is 0 Å². The molecule has 0 spiro atoms. The molecule has 3 heteroatoms. The summed E-state index contributed by atoms with van der Waals surface area (Å²) in [5, 5.41) is 12.6. The highest BCUT2D eigenvalue weighted by Gasteiger charge is 2.20. The summed E-state index contributed by atoms with van der Waals surface area (Å²) in [6, 6.07) is 5.86. The molecule has 84 valence electrons. The number of hydrogen-bond acceptors (Lipinski definition) is 3. The van der Waals surface area contributed by atoms with Crippen molar-refractivity contribution >= 4 is 11.4 Å². The van der Waals surface area contributed by atoms with Crippen LogP contribution in [0.5, 0.6) is 0 Å². The molecule has 0 saturated heterocycles. The van der Waals surface area contributed by atoms with E-state index in [1.165, 1.54) is 0 Å². The molecule has 0 aliphatic heterocycles. The first-order valence-electron chi connectivity index (χ1n) is 5.26. The van der Waals surface area contributed by atoms with Crippen LogP contribution in [-0.4, -0.2) is 17.3 Å². The van der Waals surface area contributed by atoms with Crippen LogP contribution in [0.3, 0.4) is 0 Å². The van der Waals surface area contributed by atoms with Crippen LogP contribution in [0.4, 0.5) is 11.4 Å². The quantitative estimate of drug-likeness (QED) is 0.664. The maximum atomic E-state index is 9.28. The van der Waals surface area contributed by atoms with E-state index < -0.39 is 0 Å². The van der Waals surface area contributed by atoms with E-state index in [1.54, 1.807) is 0 Å². The van der Waals surface area contributed by atoms with E-state index in [0.717, 1.165) is 23.4 Å². The molecule has 1 atom stereocenters. The van der Waals surface area contributed by atoms with Crippen molar-refractivity contribution < 1.29 is 5.11 Å². The van der Waals surface area contributed by atoms with Gasteiger partial charge in [0, 0.05) is 11.4 Å². The summed E-state index contributed by atoms with van der Waals surface area (Å²) < 4.78 is 0. The number of aliphatic hydroxyl groups is 1. The number of anilines is 2. The molecule has 0 saturated carbocycles. The third-order valence-corrected chi connectivity index (χ3v) is 2.85. The second kappa shape index (κ2) is 4.53. The van der Waals surface area contributed by atoms with Crippen LogP contribution < -0.4 is 11.1 Å². The number of aliphatic hydroxyl groups excluding tert-OH is 1. The predicted octanol–water partition coefficient (Wildman–Crippen LogP) is 2.15. The lowest BCUT2D eigenvalue weighted by Gasteiger charge is -2.28. The number of benzene rings is 1. The van der Waals surface area contributed by atoms with Crippen molar-refractivity contribution in [2.45, 2.75) is 32.7 Å². The van der Waals surface area contributed by atoms with Crippen molar-refractivity contribution in [3.63, 3.8) is 0 Å². The molecular weight excluding hydrogens is 188 g/mol. The lowest BCUT2D eigenvalue weighted by atomic mass is 9.99. The first-order valence-corrected chi connectivity index (χ1v) is 5.26. The zero-order valence-corrected chi connectivity index (χ0v) is 9.67. The first kappa shape index (κ1) is 11.9. The molecule has 1 aromatic rings. The Morgan fingerprint density at radius 1 is 1.47 bits per heavy atom. The Labute approximate surface area is 91.3 Å². The Morgan fingerprint density at radius 3 is 2.60 bits per heavy atom. The third kappa shape index (κ3) is 2.86. The summed E-state index contributed by atoms with van der Waals surface area (Å²) in [5.41, 5.74) is 8.35. The van der Waals surface area contributed by atoms with Crippen molar-refractivity contribution in [1.29, 1.82) is 0 Å². The summed E-state index contributed by atoms with van der Waals surface area (Å²) >= 11 is 0. The van der Waals surface area contributed by atoms with E-state index in [4.69, 9.17) is 5.73 Å². The number of hydrogen-bond donors (Lipinski definition) is 3. The van der Waals surface area contributed by atoms with E-state index in [0.29, 0.717) is 0 Å². The highest BCUT2D eigenvalue weighted by Crippen LogP contribution is 2.22. The molecule has 1 rings (SSSR count). The van der Waals surface area contributed by atoms with E-state index in [-0.39, 0.29) is 12.1 Å². The maximum absolute atomic E-state index is 9.28. The summed E-state index contributed by atoms with van der Waals surface area (Å²) in [4.78, 5) is 0. The number of nitrogens with one attached hydrogen (secondary N) is 1. The second-order valence-electron chi connectivity index (χ2n) is 4.27. The second-order valence-corrected chi connectivity index (χ2v) is 4.27. The molecular formula is C12H20N2O. The van der Waals surface area contributed by atoms with Gasteiger partial charge in [0.2, 0.25) is 0 Å². The van der Waals surface area contributed by atoms with E-state index in [2.05, 4.69) is 5.32 Å². The summed E-state index contributed by atoms with van der Waals surface area (Å²) in [6.45, 7) is 6.12. The van der Waals surface area contributed by atoms with Gasteiger partial charge in [0.1, 0.15) is 0 Å². The van der Waals surface area contributed by atoms with Gasteiger partial charge in [-0.25, -0.2) is 0 Å². The van der Waals surface area contributed by atoms with Crippen LogP contribution in [0.25, 0.3) is 0 Å². The van der Waals surface area contributed by atoms with Gasteiger partial charge in [-0.15, -0.1) is 0 Å². The summed E-state index contributed by atoms with van der Waals surface area (Å²) in [7, 11) is 0. The van der Waals surface area contributed by atoms with Gasteiger partial charge in [0.05, 0.1) is 12.1 Å². The molecule has 4 N–H and O–H groups in total. The van der Waals surface area contributed by atoms with Crippen molar-refractivity contribution in [3.05, 3.63) is 23.8 Å². The van der Waals surface area contributed by atoms with Crippen LogP contribution in [0.15, 0.2) is 18.2 Å². The molecule has 0 aliphatic rings. The standard InChI is InChI=1S/C12H20N2O/c1-4-12(3,8-15)14-10-6-5-9(2)11(13)7-10/h5-7,14-15H,4,8,13H2,1-3H3. The van der Waals surface area contributed by atoms with E-state index in [1.807, 2.05) is 39.0 Å². The molecule has 0 radical (unpaired) electrons. The van der Waals surface area contributed by atoms with Crippen LogP contribution in [0.1, 0.15) is 25.8 Å². The van der Waals surface area contributed by atoms with E-state index >= 15 is 0 Å². The Kier molecular flexibility index (Phi) is 3.58. The summed E-state index contributed by atoms with van der Waals surface area (Å²) in [6.07, 6.45) is 0.858. The highest BCUT2D eigenvalue weighted by molar-refractivity contribution is 5.59. The smallest absolute Gasteiger partial charge is 0.0658 e. The fourth-order valence-corrected chi connectivity index (χ4v) is 1.31. The molecule has 0 aromatic heterocycles. The largest absolute Gasteiger partial charge is 0.398 e. The predicted molar refractivity (Wildman–Crippen MR) is 65.0 cm³/mol. The van der Waals surface area contributed by atoms with Gasteiger partial charge in [-0.1, -0.05) is 13.0 Å². The normalized spacial score (nSPS) is 14.7.